The van der Waals surface area contributed by atoms with Gasteiger partial charge in [0.05, 0.1) is 17.4 Å². The molecule has 1 aliphatic heterocycles. The molecule has 6 heteroatoms. The molecule has 1 radical (unpaired) electrons. The first-order valence-corrected chi connectivity index (χ1v) is 11.6. The summed E-state index contributed by atoms with van der Waals surface area (Å²) in [6.07, 6.45) is 2.71. The molecule has 1 N–H and O–H groups in total. The number of nitrogens with one attached hydrogen (secondary N) is 1. The summed E-state index contributed by atoms with van der Waals surface area (Å²) in [4.78, 5) is 21.4. The Morgan fingerprint density at radius 3 is 2.64 bits per heavy atom. The van der Waals surface area contributed by atoms with E-state index in [1.165, 1.54) is 12.1 Å². The molecule has 1 aliphatic rings. The van der Waals surface area contributed by atoms with E-state index in [4.69, 9.17) is 11.6 Å². The Morgan fingerprint density at radius 2 is 1.85 bits per heavy atom. The lowest BCUT2D eigenvalue weighted by molar-refractivity contribution is 0.0738. The van der Waals surface area contributed by atoms with Gasteiger partial charge in [0.15, 0.2) is 18.0 Å². The van der Waals surface area contributed by atoms with Gasteiger partial charge in [-0.2, -0.15) is 0 Å². The summed E-state index contributed by atoms with van der Waals surface area (Å²) in [7, 11) is 0. The molecule has 0 amide bonds. The van der Waals surface area contributed by atoms with Crippen LogP contribution in [0.3, 0.4) is 0 Å². The number of carbonyl (C=O) groups excluding carboxylic acids is 1. The minimum atomic E-state index is -0.283. The molecular formula is C27H25ClFN3O+. The number of halogens is 2. The van der Waals surface area contributed by atoms with E-state index in [1.807, 2.05) is 24.4 Å². The number of aromatic amines is 1. The van der Waals surface area contributed by atoms with Crippen LogP contribution in [-0.2, 0) is 6.42 Å². The summed E-state index contributed by atoms with van der Waals surface area (Å²) in [5.41, 5.74) is 3.96. The summed E-state index contributed by atoms with van der Waals surface area (Å²) in [5, 5.41) is 1.78. The summed E-state index contributed by atoms with van der Waals surface area (Å²) in [6.45, 7) is 2.94. The molecule has 4 nitrogen and oxygen atoms in total. The quantitative estimate of drug-likeness (QED) is 0.302. The highest BCUT2D eigenvalue weighted by Crippen LogP contribution is 2.28. The number of piperazine rings is 1. The third-order valence-electron chi connectivity index (χ3n) is 6.44. The number of rotatable bonds is 6. The van der Waals surface area contributed by atoms with Crippen molar-refractivity contribution in [2.24, 2.45) is 0 Å². The minimum Gasteiger partial charge on any atom is -0.361 e. The van der Waals surface area contributed by atoms with Crippen LogP contribution in [-0.4, -0.2) is 47.9 Å². The van der Waals surface area contributed by atoms with Gasteiger partial charge in [-0.05, 0) is 60.5 Å². The predicted octanol–water partition coefficient (Wildman–Crippen LogP) is 5.54. The average molecular weight is 462 g/mol. The van der Waals surface area contributed by atoms with Crippen LogP contribution < -0.4 is 4.90 Å². The Balaban J connectivity index is 1.40. The van der Waals surface area contributed by atoms with E-state index in [9.17, 15) is 9.18 Å². The largest absolute Gasteiger partial charge is 0.361 e. The van der Waals surface area contributed by atoms with Crippen molar-refractivity contribution in [2.45, 2.75) is 12.5 Å². The van der Waals surface area contributed by atoms with Crippen molar-refractivity contribution in [1.29, 1.82) is 0 Å². The average Bonchev–Trinajstić information content (AvgIpc) is 3.33. The molecule has 0 aliphatic carbocycles. The van der Waals surface area contributed by atoms with Gasteiger partial charge in [-0.3, -0.25) is 9.69 Å². The number of H-pyrrole nitrogens is 1. The molecular weight excluding hydrogens is 437 g/mol. The molecule has 167 valence electrons. The fraction of sp³-hybridized carbons (Fsp3) is 0.222. The van der Waals surface area contributed by atoms with Crippen LogP contribution >= 0.6 is 11.6 Å². The van der Waals surface area contributed by atoms with Crippen LogP contribution in [0.5, 0.6) is 0 Å². The van der Waals surface area contributed by atoms with Crippen LogP contribution in [0.2, 0.25) is 5.02 Å². The molecule has 1 saturated heterocycles. The maximum absolute atomic E-state index is 13.6. The van der Waals surface area contributed by atoms with Gasteiger partial charge in [0, 0.05) is 29.4 Å². The Bertz CT molecular complexity index is 1250. The number of nitrogens with zero attached hydrogens (tertiary/aromatic N) is 2. The number of hydrogen-bond acceptors (Lipinski definition) is 3. The summed E-state index contributed by atoms with van der Waals surface area (Å²) in [5.74, 6) is -0.140. The van der Waals surface area contributed by atoms with Crippen molar-refractivity contribution in [3.05, 3.63) is 101 Å². The second-order valence-electron chi connectivity index (χ2n) is 8.46. The van der Waals surface area contributed by atoms with Gasteiger partial charge in [0.2, 0.25) is 0 Å². The van der Waals surface area contributed by atoms with Gasteiger partial charge in [-0.1, -0.05) is 29.8 Å². The van der Waals surface area contributed by atoms with Crippen LogP contribution in [0.15, 0.2) is 79.0 Å². The predicted molar refractivity (Wildman–Crippen MR) is 131 cm³/mol. The SMILES string of the molecule is O=C(c1ccc(Cl)cc1)C1C[N+](c2cccc3[nH]ccc23)CCN1CCc1ccc(F)cc1. The second kappa shape index (κ2) is 9.48. The van der Waals surface area contributed by atoms with E-state index in [0.29, 0.717) is 17.1 Å². The van der Waals surface area contributed by atoms with Crippen LogP contribution in [0.1, 0.15) is 15.9 Å². The number of fused-ring (bicyclic) bond motifs is 1. The van der Waals surface area contributed by atoms with E-state index >= 15 is 0 Å². The zero-order chi connectivity index (χ0) is 22.8. The summed E-state index contributed by atoms with van der Waals surface area (Å²) in [6, 6.07) is 21.8. The number of ketones is 1. The molecule has 0 saturated carbocycles. The monoisotopic (exact) mass is 461 g/mol. The maximum Gasteiger partial charge on any atom is 0.190 e. The van der Waals surface area contributed by atoms with Gasteiger partial charge in [0.1, 0.15) is 18.4 Å². The maximum atomic E-state index is 13.6. The molecule has 33 heavy (non-hydrogen) atoms. The second-order valence-corrected chi connectivity index (χ2v) is 8.90. The molecule has 0 spiro atoms. The van der Waals surface area contributed by atoms with Crippen molar-refractivity contribution in [3.8, 4) is 0 Å². The standard InChI is InChI=1S/C27H25ClFN3O/c28-21-8-6-20(7-9-21)27(33)26-18-32(25-3-1-2-24-23(25)12-14-30-24)17-16-31(26)15-13-19-4-10-22(29)11-5-19/h1-12,14,26,30H,13,15-18H2/q+1. The molecule has 1 aromatic heterocycles. The van der Waals surface area contributed by atoms with Gasteiger partial charge in [-0.15, -0.1) is 4.90 Å². The van der Waals surface area contributed by atoms with Gasteiger partial charge >= 0.3 is 0 Å². The Morgan fingerprint density at radius 1 is 1.06 bits per heavy atom. The lowest BCUT2D eigenvalue weighted by Gasteiger charge is -2.35. The molecule has 3 aromatic carbocycles. The highest BCUT2D eigenvalue weighted by Gasteiger charge is 2.39. The molecule has 2 heterocycles. The number of carbonyl (C=O) groups is 1. The highest BCUT2D eigenvalue weighted by atomic mass is 35.5. The lowest BCUT2D eigenvalue weighted by atomic mass is 9.99. The Hall–Kier alpha value is -2.99. The Kier molecular flexibility index (Phi) is 6.27. The summed E-state index contributed by atoms with van der Waals surface area (Å²) < 4.78 is 13.3. The van der Waals surface area contributed by atoms with Crippen molar-refractivity contribution in [2.75, 3.05) is 26.2 Å². The van der Waals surface area contributed by atoms with E-state index in [0.717, 1.165) is 48.2 Å². The third-order valence-corrected chi connectivity index (χ3v) is 6.69. The highest BCUT2D eigenvalue weighted by molar-refractivity contribution is 6.30. The normalized spacial score (nSPS) is 17.5. The summed E-state index contributed by atoms with van der Waals surface area (Å²) >= 11 is 6.05. The van der Waals surface area contributed by atoms with Crippen LogP contribution in [0.25, 0.3) is 10.9 Å². The fourth-order valence-corrected chi connectivity index (χ4v) is 4.76. The van der Waals surface area contributed by atoms with Gasteiger partial charge < -0.3 is 4.98 Å². The van der Waals surface area contributed by atoms with Crippen molar-refractivity contribution in [3.63, 3.8) is 0 Å². The molecule has 4 aromatic rings. The lowest BCUT2D eigenvalue weighted by Crippen LogP contribution is -2.57. The zero-order valence-corrected chi connectivity index (χ0v) is 18.9. The smallest absolute Gasteiger partial charge is 0.190 e. The molecule has 1 unspecified atom stereocenters. The number of anilines is 1. The van der Waals surface area contributed by atoms with Crippen LogP contribution in [0.4, 0.5) is 10.1 Å². The van der Waals surface area contributed by atoms with E-state index in [-0.39, 0.29) is 17.6 Å². The first-order chi connectivity index (χ1) is 16.1. The fourth-order valence-electron chi connectivity index (χ4n) is 4.63. The van der Waals surface area contributed by atoms with Crippen molar-refractivity contribution >= 4 is 34.0 Å². The van der Waals surface area contributed by atoms with Crippen molar-refractivity contribution < 1.29 is 9.18 Å². The van der Waals surface area contributed by atoms with E-state index in [2.05, 4.69) is 33.0 Å². The number of hydrogen-bond donors (Lipinski definition) is 1. The molecule has 1 fully saturated rings. The van der Waals surface area contributed by atoms with E-state index in [1.54, 1.807) is 24.3 Å². The zero-order valence-electron chi connectivity index (χ0n) is 18.2. The van der Waals surface area contributed by atoms with Gasteiger partial charge in [0.25, 0.3) is 0 Å². The number of aromatic nitrogens is 1. The third kappa shape index (κ3) is 4.71. The molecule has 0 bridgehead atoms. The van der Waals surface area contributed by atoms with Crippen molar-refractivity contribution in [1.82, 2.24) is 14.8 Å². The Labute approximate surface area is 197 Å². The van der Waals surface area contributed by atoms with Gasteiger partial charge in [-0.25, -0.2) is 4.39 Å². The van der Waals surface area contributed by atoms with E-state index < -0.39 is 0 Å². The van der Waals surface area contributed by atoms with Crippen LogP contribution in [0, 0.1) is 5.82 Å². The number of benzene rings is 3. The first-order valence-electron chi connectivity index (χ1n) is 11.2. The molecule has 1 atom stereocenters. The number of Topliss-reactive ketones (excluding diaryl/α,β-unsaturated/α-hetero) is 1. The first kappa shape index (κ1) is 21.8. The topological polar surface area (TPSA) is 42.0 Å². The minimum absolute atomic E-state index is 0.0942. The molecule has 5 rings (SSSR count).